The van der Waals surface area contributed by atoms with Crippen LogP contribution in [0.25, 0.3) is 5.52 Å². The van der Waals surface area contributed by atoms with Crippen molar-refractivity contribution in [3.8, 4) is 0 Å². The maximum absolute atomic E-state index is 12.6. The fourth-order valence-corrected chi connectivity index (χ4v) is 5.28. The number of carbonyl (C=O) groups is 1. The molecule has 134 valence electrons. The first-order valence-corrected chi connectivity index (χ1v) is 10.2. The first kappa shape index (κ1) is 17.3. The second-order valence-electron chi connectivity index (χ2n) is 6.81. The van der Waals surface area contributed by atoms with Crippen molar-refractivity contribution >= 4 is 51.5 Å². The molecule has 8 heteroatoms. The molecule has 0 radical (unpaired) electrons. The van der Waals surface area contributed by atoms with E-state index in [1.807, 2.05) is 19.2 Å². The second kappa shape index (κ2) is 6.90. The molecule has 3 aliphatic carbocycles. The summed E-state index contributed by atoms with van der Waals surface area (Å²) in [7, 11) is 0. The van der Waals surface area contributed by atoms with E-state index < -0.39 is 0 Å². The van der Waals surface area contributed by atoms with E-state index in [0.717, 1.165) is 34.8 Å². The summed E-state index contributed by atoms with van der Waals surface area (Å²) in [6, 6.07) is 2.01. The molecule has 3 saturated carbocycles. The fourth-order valence-electron chi connectivity index (χ4n) is 4.45. The van der Waals surface area contributed by atoms with Crippen LogP contribution in [-0.2, 0) is 9.53 Å². The van der Waals surface area contributed by atoms with Gasteiger partial charge in [0.1, 0.15) is 5.52 Å². The molecule has 2 heterocycles. The van der Waals surface area contributed by atoms with E-state index in [1.54, 1.807) is 4.52 Å². The third kappa shape index (κ3) is 3.09. The number of nitrogens with one attached hydrogen (secondary N) is 1. The van der Waals surface area contributed by atoms with Gasteiger partial charge in [-0.05, 0) is 84.7 Å². The number of rotatable bonds is 4. The topological polar surface area (TPSA) is 68.5 Å². The molecule has 5 rings (SSSR count). The molecule has 0 saturated heterocycles. The zero-order valence-corrected chi connectivity index (χ0v) is 16.8. The van der Waals surface area contributed by atoms with Gasteiger partial charge in [0.2, 0.25) is 5.28 Å². The van der Waals surface area contributed by atoms with Gasteiger partial charge in [-0.25, -0.2) is 4.52 Å². The number of carbonyl (C=O) groups excluding carboxylic acids is 1. The number of esters is 1. The minimum absolute atomic E-state index is 0.0343. The lowest BCUT2D eigenvalue weighted by atomic mass is 9.61. The van der Waals surface area contributed by atoms with Crippen LogP contribution in [0, 0.1) is 21.3 Å². The molecular formula is C17H20ClIN4O2. The largest absolute Gasteiger partial charge is 0.466 e. The number of nitrogens with zero attached hydrogens (tertiary/aromatic N) is 3. The number of hydrogen-bond acceptors (Lipinski definition) is 5. The van der Waals surface area contributed by atoms with Crippen molar-refractivity contribution < 1.29 is 9.53 Å². The van der Waals surface area contributed by atoms with E-state index in [2.05, 4.69) is 38.0 Å². The van der Waals surface area contributed by atoms with Crippen molar-refractivity contribution in [3.63, 3.8) is 0 Å². The Hall–Kier alpha value is -1.09. The average molecular weight is 475 g/mol. The standard InChI is InChI=1S/C17H20ClIN4O2/c1-2-25-16(24)12-9-3-5-10(6-4-9)13(12)20-15-14-11(19)7-8-23(14)22-17(18)21-15/h7-10,12-13H,2-6H2,1H3,(H,20,21,22)/t9?,10?,12-,13-/m1/s1. The summed E-state index contributed by atoms with van der Waals surface area (Å²) >= 11 is 8.37. The van der Waals surface area contributed by atoms with E-state index in [0.29, 0.717) is 24.3 Å². The van der Waals surface area contributed by atoms with Crippen LogP contribution in [-0.4, -0.2) is 33.2 Å². The Kier molecular flexibility index (Phi) is 4.79. The first-order valence-electron chi connectivity index (χ1n) is 8.72. The molecule has 6 nitrogen and oxygen atoms in total. The lowest BCUT2D eigenvalue weighted by Crippen LogP contribution is -2.52. The maximum Gasteiger partial charge on any atom is 0.311 e. The van der Waals surface area contributed by atoms with Crippen LogP contribution in [0.3, 0.4) is 0 Å². The number of hydrogen-bond donors (Lipinski definition) is 1. The molecule has 2 bridgehead atoms. The Morgan fingerprint density at radius 3 is 2.84 bits per heavy atom. The SMILES string of the molecule is CCOC(=O)[C@@H]1C2CCC(CC2)[C@H]1Nc1nc(Cl)nn2ccc(I)c12. The Labute approximate surface area is 164 Å². The van der Waals surface area contributed by atoms with Gasteiger partial charge >= 0.3 is 5.97 Å². The minimum Gasteiger partial charge on any atom is -0.466 e. The van der Waals surface area contributed by atoms with Gasteiger partial charge < -0.3 is 10.1 Å². The smallest absolute Gasteiger partial charge is 0.311 e. The highest BCUT2D eigenvalue weighted by atomic mass is 127. The lowest BCUT2D eigenvalue weighted by Gasteiger charge is -2.47. The average Bonchev–Trinajstić information content (AvgIpc) is 2.97. The van der Waals surface area contributed by atoms with Gasteiger partial charge in [0.15, 0.2) is 5.82 Å². The third-order valence-electron chi connectivity index (χ3n) is 5.52. The number of anilines is 1. The van der Waals surface area contributed by atoms with E-state index in [1.165, 1.54) is 0 Å². The highest BCUT2D eigenvalue weighted by molar-refractivity contribution is 14.1. The molecule has 2 atom stereocenters. The van der Waals surface area contributed by atoms with Crippen LogP contribution in [0.4, 0.5) is 5.82 Å². The van der Waals surface area contributed by atoms with Gasteiger partial charge in [0.25, 0.3) is 0 Å². The quantitative estimate of drug-likeness (QED) is 0.540. The van der Waals surface area contributed by atoms with Crippen molar-refractivity contribution in [2.75, 3.05) is 11.9 Å². The predicted octanol–water partition coefficient (Wildman–Crippen LogP) is 3.77. The Bertz CT molecular complexity index is 803. The van der Waals surface area contributed by atoms with Crippen LogP contribution in [0.2, 0.25) is 5.28 Å². The highest BCUT2D eigenvalue weighted by Crippen LogP contribution is 2.47. The van der Waals surface area contributed by atoms with Crippen LogP contribution < -0.4 is 5.32 Å². The monoisotopic (exact) mass is 474 g/mol. The van der Waals surface area contributed by atoms with Gasteiger partial charge in [0.05, 0.1) is 12.5 Å². The Balaban J connectivity index is 1.71. The van der Waals surface area contributed by atoms with Crippen LogP contribution in [0.5, 0.6) is 0 Å². The Morgan fingerprint density at radius 2 is 2.12 bits per heavy atom. The number of ether oxygens (including phenoxy) is 1. The lowest BCUT2D eigenvalue weighted by molar-refractivity contribution is -0.154. The van der Waals surface area contributed by atoms with Gasteiger partial charge in [-0.2, -0.15) is 4.98 Å². The molecule has 0 aliphatic heterocycles. The van der Waals surface area contributed by atoms with Crippen LogP contribution >= 0.6 is 34.2 Å². The number of aromatic nitrogens is 3. The van der Waals surface area contributed by atoms with Gasteiger partial charge in [-0.1, -0.05) is 0 Å². The first-order chi connectivity index (χ1) is 12.1. The minimum atomic E-state index is -0.117. The summed E-state index contributed by atoms with van der Waals surface area (Å²) in [6.07, 6.45) is 6.37. The molecule has 1 N–H and O–H groups in total. The van der Waals surface area contributed by atoms with Crippen molar-refractivity contribution in [3.05, 3.63) is 21.1 Å². The van der Waals surface area contributed by atoms with Crippen LogP contribution in [0.15, 0.2) is 12.3 Å². The van der Waals surface area contributed by atoms with E-state index in [4.69, 9.17) is 16.3 Å². The molecule has 3 fully saturated rings. The zero-order valence-electron chi connectivity index (χ0n) is 13.9. The number of fused-ring (bicyclic) bond motifs is 4. The second-order valence-corrected chi connectivity index (χ2v) is 8.31. The fraction of sp³-hybridized carbons (Fsp3) is 0.588. The highest BCUT2D eigenvalue weighted by Gasteiger charge is 2.48. The summed E-state index contributed by atoms with van der Waals surface area (Å²) in [5.41, 5.74) is 0.897. The third-order valence-corrected chi connectivity index (χ3v) is 6.55. The van der Waals surface area contributed by atoms with Crippen molar-refractivity contribution in [1.29, 1.82) is 0 Å². The summed E-state index contributed by atoms with van der Waals surface area (Å²) in [5.74, 6) is 1.34. The summed E-state index contributed by atoms with van der Waals surface area (Å²) < 4.78 is 8.16. The molecule has 25 heavy (non-hydrogen) atoms. The number of halogens is 2. The summed E-state index contributed by atoms with van der Waals surface area (Å²) in [6.45, 7) is 2.28. The van der Waals surface area contributed by atoms with Gasteiger partial charge in [-0.15, -0.1) is 5.10 Å². The van der Waals surface area contributed by atoms with E-state index >= 15 is 0 Å². The molecule has 3 aliphatic rings. The maximum atomic E-state index is 12.6. The predicted molar refractivity (Wildman–Crippen MR) is 104 cm³/mol. The van der Waals surface area contributed by atoms with Crippen LogP contribution in [0.1, 0.15) is 32.6 Å². The van der Waals surface area contributed by atoms with E-state index in [-0.39, 0.29) is 23.2 Å². The Morgan fingerprint density at radius 1 is 1.40 bits per heavy atom. The normalized spacial score (nSPS) is 28.3. The zero-order chi connectivity index (χ0) is 17.6. The van der Waals surface area contributed by atoms with Crippen molar-refractivity contribution in [2.45, 2.75) is 38.6 Å². The molecule has 2 aromatic rings. The molecule has 0 amide bonds. The van der Waals surface area contributed by atoms with Gasteiger partial charge in [-0.3, -0.25) is 4.79 Å². The molecular weight excluding hydrogens is 455 g/mol. The summed E-state index contributed by atoms with van der Waals surface area (Å²) in [5, 5.41) is 7.96. The molecule has 2 aromatic heterocycles. The molecule has 0 aromatic carbocycles. The van der Waals surface area contributed by atoms with Crippen molar-refractivity contribution in [2.24, 2.45) is 17.8 Å². The molecule has 0 unspecified atom stereocenters. The summed E-state index contributed by atoms with van der Waals surface area (Å²) in [4.78, 5) is 17.0. The molecule has 0 spiro atoms. The van der Waals surface area contributed by atoms with Gasteiger partial charge in [0, 0.05) is 15.8 Å². The van der Waals surface area contributed by atoms with E-state index in [9.17, 15) is 4.79 Å². The van der Waals surface area contributed by atoms with Crippen molar-refractivity contribution in [1.82, 2.24) is 14.6 Å².